The number of nitrogens with zero attached hydrogens (tertiary/aromatic N) is 5. The Balaban J connectivity index is 1.58. The number of hydrogen-bond acceptors (Lipinski definition) is 7. The van der Waals surface area contributed by atoms with E-state index in [4.69, 9.17) is 4.42 Å². The van der Waals surface area contributed by atoms with Gasteiger partial charge in [-0.1, -0.05) is 38.1 Å². The second-order valence-corrected chi connectivity index (χ2v) is 10.0. The lowest BCUT2D eigenvalue weighted by Gasteiger charge is -2.09. The van der Waals surface area contributed by atoms with Crippen molar-refractivity contribution in [3.05, 3.63) is 66.5 Å². The normalized spacial score (nSPS) is 12.4. The molecule has 0 N–H and O–H groups in total. The van der Waals surface area contributed by atoms with Gasteiger partial charge in [0, 0.05) is 27.8 Å². The average Bonchev–Trinajstić information content (AvgIpc) is 3.29. The molecule has 2 heterocycles. The quantitative estimate of drug-likeness (QED) is 0.414. The molecule has 1 atom stereocenters. The van der Waals surface area contributed by atoms with Crippen LogP contribution >= 0.6 is 0 Å². The van der Waals surface area contributed by atoms with E-state index in [0.29, 0.717) is 23.2 Å². The van der Waals surface area contributed by atoms with Gasteiger partial charge in [-0.05, 0) is 43.9 Å². The van der Waals surface area contributed by atoms with Crippen molar-refractivity contribution in [2.45, 2.75) is 30.5 Å². The molecule has 0 spiro atoms. The van der Waals surface area contributed by atoms with Crippen molar-refractivity contribution in [2.75, 3.05) is 14.1 Å². The molecule has 0 aliphatic heterocycles. The van der Waals surface area contributed by atoms with Crippen LogP contribution in [-0.4, -0.2) is 48.6 Å². The van der Waals surface area contributed by atoms with E-state index in [-0.39, 0.29) is 5.25 Å². The molecule has 0 aliphatic rings. The van der Waals surface area contributed by atoms with E-state index < -0.39 is 10.8 Å². The van der Waals surface area contributed by atoms with Gasteiger partial charge >= 0.3 is 0 Å². The van der Waals surface area contributed by atoms with E-state index in [0.717, 1.165) is 28.1 Å². The number of benzene rings is 2. The van der Waals surface area contributed by atoms with Gasteiger partial charge in [0.1, 0.15) is 5.69 Å². The second-order valence-electron chi connectivity index (χ2n) is 8.01. The van der Waals surface area contributed by atoms with E-state index in [1.165, 1.54) is 0 Å². The maximum atomic E-state index is 12.3. The van der Waals surface area contributed by atoms with Crippen molar-refractivity contribution >= 4 is 10.8 Å². The number of aromatic nitrogens is 4. The Morgan fingerprint density at radius 1 is 0.938 bits per heavy atom. The molecular weight excluding hydrogens is 422 g/mol. The molecule has 2 aromatic heterocycles. The fourth-order valence-corrected chi connectivity index (χ4v) is 4.20. The minimum absolute atomic E-state index is 0.0688. The molecule has 0 saturated carbocycles. The molecule has 4 rings (SSSR count). The minimum atomic E-state index is -1.03. The van der Waals surface area contributed by atoms with Gasteiger partial charge in [-0.2, -0.15) is 0 Å². The molecule has 7 nitrogen and oxygen atoms in total. The zero-order valence-corrected chi connectivity index (χ0v) is 19.3. The van der Waals surface area contributed by atoms with Crippen LogP contribution in [0.2, 0.25) is 0 Å². The van der Waals surface area contributed by atoms with Crippen LogP contribution in [0.1, 0.15) is 19.4 Å². The van der Waals surface area contributed by atoms with Crippen LogP contribution in [0.3, 0.4) is 0 Å². The van der Waals surface area contributed by atoms with Crippen molar-refractivity contribution in [3.63, 3.8) is 0 Å². The van der Waals surface area contributed by atoms with Crippen molar-refractivity contribution in [1.82, 2.24) is 25.1 Å². The Morgan fingerprint density at radius 3 is 2.38 bits per heavy atom. The molecule has 0 fully saturated rings. The van der Waals surface area contributed by atoms with Crippen LogP contribution in [0.5, 0.6) is 0 Å². The molecule has 0 saturated heterocycles. The summed E-state index contributed by atoms with van der Waals surface area (Å²) in [7, 11) is 3.03. The maximum absolute atomic E-state index is 12.3. The zero-order chi connectivity index (χ0) is 22.7. The molecular formula is C24H25N5O2S. The van der Waals surface area contributed by atoms with Crippen molar-refractivity contribution in [1.29, 1.82) is 0 Å². The summed E-state index contributed by atoms with van der Waals surface area (Å²) in [6.07, 6.45) is 3.28. The number of rotatable bonds is 7. The first-order valence-corrected chi connectivity index (χ1v) is 11.5. The van der Waals surface area contributed by atoms with E-state index in [9.17, 15) is 4.21 Å². The highest BCUT2D eigenvalue weighted by atomic mass is 32.2. The third-order valence-corrected chi connectivity index (χ3v) is 6.36. The summed E-state index contributed by atoms with van der Waals surface area (Å²) in [6, 6.07) is 15.6. The summed E-state index contributed by atoms with van der Waals surface area (Å²) < 4.78 is 18.2. The molecule has 0 bridgehead atoms. The van der Waals surface area contributed by atoms with Gasteiger partial charge in [0.2, 0.25) is 5.89 Å². The van der Waals surface area contributed by atoms with Gasteiger partial charge < -0.3 is 9.32 Å². The SMILES string of the molecule is CC(C)S(=O)c1ccc(-c2cncc(-c3nnc(-c4cccc(CN(C)C)c4)o3)n2)cc1. The Bertz CT molecular complexity index is 1240. The first-order valence-electron chi connectivity index (χ1n) is 10.3. The summed E-state index contributed by atoms with van der Waals surface area (Å²) in [4.78, 5) is 11.8. The Hall–Kier alpha value is -3.23. The Kier molecular flexibility index (Phi) is 6.53. The molecule has 32 heavy (non-hydrogen) atoms. The predicted octanol–water partition coefficient (Wildman–Crippen LogP) is 4.44. The summed E-state index contributed by atoms with van der Waals surface area (Å²) in [6.45, 7) is 4.71. The molecule has 0 aliphatic carbocycles. The monoisotopic (exact) mass is 447 g/mol. The van der Waals surface area contributed by atoms with Gasteiger partial charge in [0.15, 0.2) is 0 Å². The van der Waals surface area contributed by atoms with Crippen LogP contribution in [0.4, 0.5) is 0 Å². The van der Waals surface area contributed by atoms with E-state index in [1.54, 1.807) is 12.4 Å². The third kappa shape index (κ3) is 4.98. The lowest BCUT2D eigenvalue weighted by atomic mass is 10.1. The van der Waals surface area contributed by atoms with Gasteiger partial charge in [0.05, 0.1) is 28.9 Å². The molecule has 0 amide bonds. The molecule has 4 aromatic rings. The van der Waals surface area contributed by atoms with Crippen LogP contribution in [-0.2, 0) is 17.3 Å². The second kappa shape index (κ2) is 9.50. The fourth-order valence-electron chi connectivity index (χ4n) is 3.25. The highest BCUT2D eigenvalue weighted by Crippen LogP contribution is 2.26. The predicted molar refractivity (Wildman–Crippen MR) is 125 cm³/mol. The molecule has 1 unspecified atom stereocenters. The number of hydrogen-bond donors (Lipinski definition) is 0. The third-order valence-electron chi connectivity index (χ3n) is 4.76. The summed E-state index contributed by atoms with van der Waals surface area (Å²) in [5, 5.41) is 8.44. The van der Waals surface area contributed by atoms with Gasteiger partial charge in [0.25, 0.3) is 5.89 Å². The fraction of sp³-hybridized carbons (Fsp3) is 0.250. The van der Waals surface area contributed by atoms with Gasteiger partial charge in [-0.3, -0.25) is 9.19 Å². The van der Waals surface area contributed by atoms with E-state index in [2.05, 4.69) is 31.1 Å². The van der Waals surface area contributed by atoms with Crippen LogP contribution in [0.25, 0.3) is 34.3 Å². The lowest BCUT2D eigenvalue weighted by molar-refractivity contribution is 0.402. The first-order chi connectivity index (χ1) is 15.4. The summed E-state index contributed by atoms with van der Waals surface area (Å²) >= 11 is 0. The standard InChI is InChI=1S/C24H25N5O2S/c1-16(2)32(30)20-10-8-18(9-11-20)21-13-25-14-22(26-21)24-28-27-23(31-24)19-7-5-6-17(12-19)15-29(3)4/h5-14,16H,15H2,1-4H3. The van der Waals surface area contributed by atoms with Gasteiger partial charge in [-0.25, -0.2) is 4.98 Å². The first kappa shape index (κ1) is 22.0. The van der Waals surface area contributed by atoms with E-state index in [1.807, 2.05) is 70.4 Å². The van der Waals surface area contributed by atoms with Crippen molar-refractivity contribution in [3.8, 4) is 34.3 Å². The summed E-state index contributed by atoms with van der Waals surface area (Å²) in [5.41, 5.74) is 4.08. The van der Waals surface area contributed by atoms with Crippen molar-refractivity contribution < 1.29 is 8.63 Å². The molecule has 8 heteroatoms. The minimum Gasteiger partial charge on any atom is -0.415 e. The largest absolute Gasteiger partial charge is 0.415 e. The lowest BCUT2D eigenvalue weighted by Crippen LogP contribution is -2.10. The maximum Gasteiger partial charge on any atom is 0.268 e. The Labute approximate surface area is 190 Å². The highest BCUT2D eigenvalue weighted by molar-refractivity contribution is 7.85. The van der Waals surface area contributed by atoms with Crippen LogP contribution < -0.4 is 0 Å². The Morgan fingerprint density at radius 2 is 1.66 bits per heavy atom. The topological polar surface area (TPSA) is 85.0 Å². The molecule has 164 valence electrons. The molecule has 2 aromatic carbocycles. The zero-order valence-electron chi connectivity index (χ0n) is 18.5. The van der Waals surface area contributed by atoms with Crippen LogP contribution in [0, 0.1) is 0 Å². The highest BCUT2D eigenvalue weighted by Gasteiger charge is 2.14. The average molecular weight is 448 g/mol. The van der Waals surface area contributed by atoms with Crippen molar-refractivity contribution in [2.24, 2.45) is 0 Å². The van der Waals surface area contributed by atoms with Crippen LogP contribution in [0.15, 0.2) is 70.2 Å². The smallest absolute Gasteiger partial charge is 0.268 e. The molecule has 0 radical (unpaired) electrons. The van der Waals surface area contributed by atoms with E-state index >= 15 is 0 Å². The summed E-state index contributed by atoms with van der Waals surface area (Å²) in [5.74, 6) is 0.748. The van der Waals surface area contributed by atoms with Gasteiger partial charge in [-0.15, -0.1) is 10.2 Å².